The maximum Gasteiger partial charge on any atom is 0.325 e. The van der Waals surface area contributed by atoms with Gasteiger partial charge in [0.1, 0.15) is 6.54 Å². The first-order chi connectivity index (χ1) is 12.6. The van der Waals surface area contributed by atoms with Crippen molar-refractivity contribution in [2.24, 2.45) is 0 Å². The van der Waals surface area contributed by atoms with E-state index >= 15 is 0 Å². The van der Waals surface area contributed by atoms with Crippen LogP contribution < -0.4 is 10.2 Å². The molecule has 0 atom stereocenters. The van der Waals surface area contributed by atoms with Gasteiger partial charge in [-0.25, -0.2) is 4.79 Å². The van der Waals surface area contributed by atoms with E-state index in [1.165, 1.54) is 0 Å². The first-order valence-electron chi connectivity index (χ1n) is 9.02. The van der Waals surface area contributed by atoms with Crippen LogP contribution in [0.4, 0.5) is 10.5 Å². The van der Waals surface area contributed by atoms with Crippen LogP contribution in [-0.2, 0) is 9.53 Å². The molecule has 7 nitrogen and oxygen atoms in total. The number of halogens is 1. The third-order valence-electron chi connectivity index (χ3n) is 4.64. The summed E-state index contributed by atoms with van der Waals surface area (Å²) in [6.07, 6.45) is 0.899. The highest BCUT2D eigenvalue weighted by atomic mass is 35.5. The molecule has 3 amide bonds. The lowest BCUT2D eigenvalue weighted by Crippen LogP contribution is -2.41. The van der Waals surface area contributed by atoms with Crippen molar-refractivity contribution in [2.45, 2.75) is 6.42 Å². The summed E-state index contributed by atoms with van der Waals surface area (Å²) in [5.74, 6) is -0.113. The second-order valence-corrected chi connectivity index (χ2v) is 6.93. The van der Waals surface area contributed by atoms with Crippen LogP contribution >= 0.6 is 11.6 Å². The minimum atomic E-state index is -0.143. The van der Waals surface area contributed by atoms with Crippen molar-refractivity contribution in [1.82, 2.24) is 15.1 Å². The number of benzene rings is 1. The first kappa shape index (κ1) is 18.9. The van der Waals surface area contributed by atoms with Gasteiger partial charge in [0.25, 0.3) is 0 Å². The van der Waals surface area contributed by atoms with Crippen LogP contribution in [0.3, 0.4) is 0 Å². The third-order valence-corrected chi connectivity index (χ3v) is 4.90. The van der Waals surface area contributed by atoms with E-state index < -0.39 is 0 Å². The number of rotatable bonds is 7. The van der Waals surface area contributed by atoms with Crippen molar-refractivity contribution in [3.63, 3.8) is 0 Å². The van der Waals surface area contributed by atoms with Crippen LogP contribution in [0.25, 0.3) is 0 Å². The predicted molar refractivity (Wildman–Crippen MR) is 101 cm³/mol. The maximum absolute atomic E-state index is 12.5. The fourth-order valence-electron chi connectivity index (χ4n) is 3.17. The summed E-state index contributed by atoms with van der Waals surface area (Å²) < 4.78 is 5.32. The third kappa shape index (κ3) is 5.09. The number of urea groups is 1. The Bertz CT molecular complexity index is 619. The van der Waals surface area contributed by atoms with Gasteiger partial charge in [0.05, 0.1) is 13.2 Å². The van der Waals surface area contributed by atoms with E-state index in [0.717, 1.165) is 45.0 Å². The van der Waals surface area contributed by atoms with E-state index in [-0.39, 0.29) is 18.5 Å². The Kier molecular flexibility index (Phi) is 6.71. The van der Waals surface area contributed by atoms with Gasteiger partial charge in [-0.05, 0) is 37.2 Å². The number of nitrogens with one attached hydrogen (secondary N) is 1. The SMILES string of the molecule is O=C(CN1CCN(c2ccc(Cl)cc2)C1=O)NCCCN1CCOCC1. The van der Waals surface area contributed by atoms with E-state index in [9.17, 15) is 9.59 Å². The van der Waals surface area contributed by atoms with E-state index in [4.69, 9.17) is 16.3 Å². The molecule has 0 aromatic heterocycles. The summed E-state index contributed by atoms with van der Waals surface area (Å²) in [5.41, 5.74) is 0.799. The van der Waals surface area contributed by atoms with E-state index in [2.05, 4.69) is 10.2 Å². The summed E-state index contributed by atoms with van der Waals surface area (Å²) in [4.78, 5) is 30.2. The zero-order chi connectivity index (χ0) is 18.4. The molecule has 2 heterocycles. The normalized spacial score (nSPS) is 18.4. The molecule has 0 saturated carbocycles. The molecule has 1 aromatic carbocycles. The summed E-state index contributed by atoms with van der Waals surface area (Å²) in [5, 5.41) is 3.54. The molecule has 8 heteroatoms. The molecule has 1 N–H and O–H groups in total. The van der Waals surface area contributed by atoms with Gasteiger partial charge >= 0.3 is 6.03 Å². The quantitative estimate of drug-likeness (QED) is 0.727. The average Bonchev–Trinajstić information content (AvgIpc) is 3.01. The van der Waals surface area contributed by atoms with Crippen molar-refractivity contribution >= 4 is 29.2 Å². The number of nitrogens with zero attached hydrogens (tertiary/aromatic N) is 3. The first-order valence-corrected chi connectivity index (χ1v) is 9.40. The van der Waals surface area contributed by atoms with Crippen LogP contribution in [0.2, 0.25) is 5.02 Å². The molecule has 0 aliphatic carbocycles. The van der Waals surface area contributed by atoms with Crippen molar-refractivity contribution in [1.29, 1.82) is 0 Å². The second kappa shape index (κ2) is 9.21. The highest BCUT2D eigenvalue weighted by molar-refractivity contribution is 6.30. The molecule has 26 heavy (non-hydrogen) atoms. The molecule has 1 aromatic rings. The molecule has 0 unspecified atom stereocenters. The lowest BCUT2D eigenvalue weighted by atomic mass is 10.3. The topological polar surface area (TPSA) is 65.1 Å². The smallest absolute Gasteiger partial charge is 0.325 e. The van der Waals surface area contributed by atoms with Gasteiger partial charge in [0.2, 0.25) is 5.91 Å². The Morgan fingerprint density at radius 1 is 1.12 bits per heavy atom. The molecule has 3 rings (SSSR count). The summed E-state index contributed by atoms with van der Waals surface area (Å²) in [6, 6.07) is 7.00. The molecule has 2 fully saturated rings. The minimum Gasteiger partial charge on any atom is -0.379 e. The van der Waals surface area contributed by atoms with Crippen molar-refractivity contribution in [3.05, 3.63) is 29.3 Å². The molecule has 2 saturated heterocycles. The van der Waals surface area contributed by atoms with Gasteiger partial charge < -0.3 is 15.0 Å². The molecular weight excluding hydrogens is 356 g/mol. The largest absolute Gasteiger partial charge is 0.379 e. The lowest BCUT2D eigenvalue weighted by Gasteiger charge is -2.26. The number of morpholine rings is 1. The second-order valence-electron chi connectivity index (χ2n) is 6.49. The Labute approximate surface area is 158 Å². The number of hydrogen-bond donors (Lipinski definition) is 1. The molecule has 0 bridgehead atoms. The highest BCUT2D eigenvalue weighted by Crippen LogP contribution is 2.22. The van der Waals surface area contributed by atoms with Gasteiger partial charge in [-0.3, -0.25) is 14.6 Å². The van der Waals surface area contributed by atoms with Crippen molar-refractivity contribution in [2.75, 3.05) is 63.9 Å². The number of carbonyl (C=O) groups is 2. The van der Waals surface area contributed by atoms with Gasteiger partial charge in [0, 0.05) is 43.4 Å². The molecular formula is C18H25ClN4O3. The summed E-state index contributed by atoms with van der Waals surface area (Å²) >= 11 is 5.89. The van der Waals surface area contributed by atoms with Crippen molar-refractivity contribution in [3.8, 4) is 0 Å². The van der Waals surface area contributed by atoms with Gasteiger partial charge in [-0.1, -0.05) is 11.6 Å². The van der Waals surface area contributed by atoms with Crippen LogP contribution in [0.5, 0.6) is 0 Å². The van der Waals surface area contributed by atoms with E-state index in [1.54, 1.807) is 21.9 Å². The van der Waals surface area contributed by atoms with Gasteiger partial charge in [-0.15, -0.1) is 0 Å². The molecule has 0 spiro atoms. The average molecular weight is 381 g/mol. The maximum atomic E-state index is 12.5. The zero-order valence-electron chi connectivity index (χ0n) is 14.8. The molecule has 142 valence electrons. The number of amides is 3. The summed E-state index contributed by atoms with van der Waals surface area (Å²) in [7, 11) is 0. The van der Waals surface area contributed by atoms with Crippen molar-refractivity contribution < 1.29 is 14.3 Å². The van der Waals surface area contributed by atoms with E-state index in [1.807, 2.05) is 12.1 Å². The van der Waals surface area contributed by atoms with Gasteiger partial charge in [-0.2, -0.15) is 0 Å². The van der Waals surface area contributed by atoms with Gasteiger partial charge in [0.15, 0.2) is 0 Å². The van der Waals surface area contributed by atoms with Crippen LogP contribution in [0, 0.1) is 0 Å². The Balaban J connectivity index is 1.37. The van der Waals surface area contributed by atoms with Crippen LogP contribution in [0.1, 0.15) is 6.42 Å². The van der Waals surface area contributed by atoms with E-state index in [0.29, 0.717) is 24.7 Å². The highest BCUT2D eigenvalue weighted by Gasteiger charge is 2.30. The number of anilines is 1. The monoisotopic (exact) mass is 380 g/mol. The predicted octanol–water partition coefficient (Wildman–Crippen LogP) is 1.42. The molecule has 2 aliphatic heterocycles. The number of carbonyl (C=O) groups excluding carboxylic acids is 2. The van der Waals surface area contributed by atoms with Crippen LogP contribution in [-0.4, -0.2) is 80.8 Å². The molecule has 0 radical (unpaired) electrons. The lowest BCUT2D eigenvalue weighted by molar-refractivity contribution is -0.121. The number of hydrogen-bond acceptors (Lipinski definition) is 4. The standard InChI is InChI=1S/C18H25ClN4O3/c19-15-2-4-16(5-3-15)23-9-8-22(18(23)25)14-17(24)20-6-1-7-21-10-12-26-13-11-21/h2-5H,1,6-14H2,(H,20,24). The number of ether oxygens (including phenoxy) is 1. The fraction of sp³-hybridized carbons (Fsp3) is 0.556. The fourth-order valence-corrected chi connectivity index (χ4v) is 3.30. The molecule has 2 aliphatic rings. The van der Waals surface area contributed by atoms with Crippen LogP contribution in [0.15, 0.2) is 24.3 Å². The Morgan fingerprint density at radius 3 is 2.58 bits per heavy atom. The summed E-state index contributed by atoms with van der Waals surface area (Å²) in [6.45, 7) is 6.28. The Morgan fingerprint density at radius 2 is 1.85 bits per heavy atom. The zero-order valence-corrected chi connectivity index (χ0v) is 15.6. The minimum absolute atomic E-state index is 0.0977. The Hall–Kier alpha value is -1.83.